The molecule has 0 radical (unpaired) electrons. The minimum Gasteiger partial charge on any atom is -0.355 e. The summed E-state index contributed by atoms with van der Waals surface area (Å²) in [6.45, 7) is 16.1. The molecule has 7 heteroatoms. The number of rotatable bonds is 8. The van der Waals surface area contributed by atoms with Crippen LogP contribution in [0.5, 0.6) is 0 Å². The molecule has 1 aromatic carbocycles. The zero-order valence-electron chi connectivity index (χ0n) is 19.6. The highest BCUT2D eigenvalue weighted by Gasteiger charge is 2.22. The van der Waals surface area contributed by atoms with Gasteiger partial charge in [-0.3, -0.25) is 14.2 Å². The molecule has 3 rings (SSSR count). The van der Waals surface area contributed by atoms with Crippen LogP contribution < -0.4 is 0 Å². The monoisotopic (exact) mass is 450 g/mol. The highest BCUT2D eigenvalue weighted by atomic mass is 32.2. The highest BCUT2D eigenvalue weighted by Crippen LogP contribution is 2.28. The molecule has 0 aliphatic rings. The lowest BCUT2D eigenvalue weighted by molar-refractivity contribution is 0.101. The van der Waals surface area contributed by atoms with Gasteiger partial charge in [0, 0.05) is 23.4 Å². The molecule has 168 valence electrons. The first-order valence-corrected chi connectivity index (χ1v) is 11.5. The van der Waals surface area contributed by atoms with Crippen molar-refractivity contribution < 1.29 is 9.59 Å². The first-order valence-electron chi connectivity index (χ1n) is 10.6. The van der Waals surface area contributed by atoms with Crippen molar-refractivity contribution in [3.63, 3.8) is 0 Å². The molecule has 0 fully saturated rings. The van der Waals surface area contributed by atoms with E-state index in [2.05, 4.69) is 66.8 Å². The first kappa shape index (κ1) is 23.7. The molecule has 0 aliphatic carbocycles. The Bertz CT molecular complexity index is 1160. The van der Waals surface area contributed by atoms with Gasteiger partial charge in [-0.15, -0.1) is 16.8 Å². The molecule has 1 N–H and O–H groups in total. The van der Waals surface area contributed by atoms with E-state index in [-0.39, 0.29) is 22.7 Å². The lowest BCUT2D eigenvalue weighted by Crippen LogP contribution is -2.10. The van der Waals surface area contributed by atoms with Gasteiger partial charge in [0.25, 0.3) is 0 Å². The van der Waals surface area contributed by atoms with Crippen molar-refractivity contribution in [3.05, 3.63) is 65.0 Å². The van der Waals surface area contributed by atoms with Crippen LogP contribution in [0.1, 0.15) is 65.4 Å². The van der Waals surface area contributed by atoms with Crippen molar-refractivity contribution in [1.29, 1.82) is 0 Å². The van der Waals surface area contributed by atoms with E-state index in [0.29, 0.717) is 28.5 Å². The van der Waals surface area contributed by atoms with E-state index in [1.807, 2.05) is 11.5 Å². The van der Waals surface area contributed by atoms with Gasteiger partial charge in [-0.2, -0.15) is 0 Å². The molecule has 0 amide bonds. The van der Waals surface area contributed by atoms with E-state index >= 15 is 0 Å². The van der Waals surface area contributed by atoms with Crippen molar-refractivity contribution >= 4 is 23.3 Å². The molecule has 3 aromatic rings. The van der Waals surface area contributed by atoms with Gasteiger partial charge in [0.2, 0.25) is 0 Å². The third kappa shape index (κ3) is 4.78. The summed E-state index contributed by atoms with van der Waals surface area (Å²) in [5.41, 5.74) is 4.78. The Morgan fingerprint density at radius 2 is 1.81 bits per heavy atom. The second kappa shape index (κ2) is 9.28. The van der Waals surface area contributed by atoms with Crippen LogP contribution >= 0.6 is 11.8 Å². The van der Waals surface area contributed by atoms with Crippen LogP contribution in [0.4, 0.5) is 0 Å². The fraction of sp³-hybridized carbons (Fsp3) is 0.360. The zero-order valence-corrected chi connectivity index (χ0v) is 20.4. The van der Waals surface area contributed by atoms with Gasteiger partial charge in [-0.05, 0) is 37.3 Å². The number of ketones is 2. The molecule has 0 unspecified atom stereocenters. The Morgan fingerprint density at radius 3 is 2.34 bits per heavy atom. The summed E-state index contributed by atoms with van der Waals surface area (Å²) in [5, 5.41) is 9.37. The lowest BCUT2D eigenvalue weighted by atomic mass is 9.87. The molecule has 0 saturated carbocycles. The number of hydrogen-bond donors (Lipinski definition) is 1. The van der Waals surface area contributed by atoms with Crippen molar-refractivity contribution in [2.45, 2.75) is 58.7 Å². The minimum absolute atomic E-state index is 0.0456. The van der Waals surface area contributed by atoms with Gasteiger partial charge in [-0.1, -0.05) is 62.9 Å². The largest absolute Gasteiger partial charge is 0.355 e. The summed E-state index contributed by atoms with van der Waals surface area (Å²) >= 11 is 1.33. The molecule has 0 spiro atoms. The van der Waals surface area contributed by atoms with E-state index in [4.69, 9.17) is 0 Å². The fourth-order valence-electron chi connectivity index (χ4n) is 3.78. The number of hydrogen-bond acceptors (Lipinski definition) is 5. The highest BCUT2D eigenvalue weighted by molar-refractivity contribution is 7.99. The SMILES string of the molecule is C=CCn1c(SCC(=O)c2[nH]c(C)c(C(C)=O)c2C)nnc1-c1ccc(C(C)(C)C)cc1. The lowest BCUT2D eigenvalue weighted by Gasteiger charge is -2.19. The van der Waals surface area contributed by atoms with E-state index in [0.717, 1.165) is 17.1 Å². The maximum absolute atomic E-state index is 12.9. The van der Waals surface area contributed by atoms with E-state index in [1.165, 1.54) is 24.2 Å². The molecular weight excluding hydrogens is 420 g/mol. The topological polar surface area (TPSA) is 80.6 Å². The predicted molar refractivity (Wildman–Crippen MR) is 130 cm³/mol. The van der Waals surface area contributed by atoms with Crippen LogP contribution in [0.25, 0.3) is 11.4 Å². The third-order valence-electron chi connectivity index (χ3n) is 5.44. The number of thioether (sulfide) groups is 1. The van der Waals surface area contributed by atoms with Crippen molar-refractivity contribution in [1.82, 2.24) is 19.7 Å². The number of aromatic nitrogens is 4. The van der Waals surface area contributed by atoms with Crippen LogP contribution in [-0.2, 0) is 12.0 Å². The Morgan fingerprint density at radius 1 is 1.16 bits per heavy atom. The standard InChI is InChI=1S/C25H30N4O2S/c1-8-13-29-23(18-9-11-19(12-10-18)25(5,6)7)27-28-24(29)32-14-20(31)22-15(2)21(17(4)30)16(3)26-22/h8-12,26H,1,13-14H2,2-7H3. The Hall–Kier alpha value is -2.93. The van der Waals surface area contributed by atoms with Gasteiger partial charge in [0.15, 0.2) is 22.5 Å². The van der Waals surface area contributed by atoms with Gasteiger partial charge in [0.05, 0.1) is 11.4 Å². The number of Topliss-reactive ketones (excluding diaryl/α,β-unsaturated/α-hetero) is 2. The minimum atomic E-state index is -0.0765. The summed E-state index contributed by atoms with van der Waals surface area (Å²) in [6, 6.07) is 8.33. The summed E-state index contributed by atoms with van der Waals surface area (Å²) < 4.78 is 1.96. The average molecular weight is 451 g/mol. The molecule has 0 atom stereocenters. The van der Waals surface area contributed by atoms with Crippen LogP contribution in [0.15, 0.2) is 42.1 Å². The Labute approximate surface area is 193 Å². The van der Waals surface area contributed by atoms with E-state index in [9.17, 15) is 9.59 Å². The van der Waals surface area contributed by atoms with Gasteiger partial charge in [-0.25, -0.2) is 0 Å². The second-order valence-electron chi connectivity index (χ2n) is 8.93. The zero-order chi connectivity index (χ0) is 23.6. The molecule has 0 aliphatic heterocycles. The molecule has 0 bridgehead atoms. The summed E-state index contributed by atoms with van der Waals surface area (Å²) in [6.07, 6.45) is 1.79. The number of carbonyl (C=O) groups excluding carboxylic acids is 2. The van der Waals surface area contributed by atoms with Crippen LogP contribution in [0, 0.1) is 13.8 Å². The van der Waals surface area contributed by atoms with E-state index < -0.39 is 0 Å². The number of aromatic amines is 1. The van der Waals surface area contributed by atoms with Gasteiger partial charge in [0.1, 0.15) is 0 Å². The molecule has 0 saturated heterocycles. The van der Waals surface area contributed by atoms with E-state index in [1.54, 1.807) is 13.0 Å². The summed E-state index contributed by atoms with van der Waals surface area (Å²) in [4.78, 5) is 27.8. The maximum Gasteiger partial charge on any atom is 0.192 e. The molecule has 2 aromatic heterocycles. The summed E-state index contributed by atoms with van der Waals surface area (Å²) in [5.74, 6) is 0.810. The average Bonchev–Trinajstić information content (AvgIpc) is 3.26. The number of aryl methyl sites for hydroxylation is 1. The number of benzene rings is 1. The number of nitrogens with one attached hydrogen (secondary N) is 1. The quantitative estimate of drug-likeness (QED) is 0.276. The molecule has 32 heavy (non-hydrogen) atoms. The number of H-pyrrole nitrogens is 1. The number of nitrogens with zero attached hydrogens (tertiary/aromatic N) is 3. The smallest absolute Gasteiger partial charge is 0.192 e. The first-order chi connectivity index (χ1) is 15.0. The third-order valence-corrected chi connectivity index (χ3v) is 6.41. The van der Waals surface area contributed by atoms with Gasteiger partial charge < -0.3 is 4.98 Å². The fourth-order valence-corrected chi connectivity index (χ4v) is 4.60. The van der Waals surface area contributed by atoms with Gasteiger partial charge >= 0.3 is 0 Å². The molecule has 6 nitrogen and oxygen atoms in total. The number of carbonyl (C=O) groups is 2. The second-order valence-corrected chi connectivity index (χ2v) is 9.87. The maximum atomic E-state index is 12.9. The molecular formula is C25H30N4O2S. The number of allylic oxidation sites excluding steroid dienone is 1. The van der Waals surface area contributed by atoms with Crippen LogP contribution in [0.2, 0.25) is 0 Å². The van der Waals surface area contributed by atoms with Crippen molar-refractivity contribution in [2.24, 2.45) is 0 Å². The Kier molecular flexibility index (Phi) is 6.88. The Balaban J connectivity index is 1.83. The van der Waals surface area contributed by atoms with Crippen molar-refractivity contribution in [3.8, 4) is 11.4 Å². The predicted octanol–water partition coefficient (Wildman–Crippen LogP) is 5.55. The summed E-state index contributed by atoms with van der Waals surface area (Å²) in [7, 11) is 0. The normalized spacial score (nSPS) is 11.6. The molecule has 2 heterocycles. The van der Waals surface area contributed by atoms with Crippen LogP contribution in [-0.4, -0.2) is 37.1 Å². The van der Waals surface area contributed by atoms with Crippen LogP contribution in [0.3, 0.4) is 0 Å². The van der Waals surface area contributed by atoms with Crippen molar-refractivity contribution in [2.75, 3.05) is 5.75 Å².